The Labute approximate surface area is 122 Å². The first-order valence-electron chi connectivity index (χ1n) is 6.07. The van der Waals surface area contributed by atoms with E-state index in [4.69, 9.17) is 5.11 Å². The van der Waals surface area contributed by atoms with Gasteiger partial charge in [-0.1, -0.05) is 36.4 Å². The number of rotatable bonds is 5. The summed E-state index contributed by atoms with van der Waals surface area (Å²) in [5, 5.41) is 8.65. The molecule has 5 nitrogen and oxygen atoms in total. The van der Waals surface area contributed by atoms with Crippen LogP contribution in [0.15, 0.2) is 65.6 Å². The predicted octanol–water partition coefficient (Wildman–Crippen LogP) is 2.59. The summed E-state index contributed by atoms with van der Waals surface area (Å²) in [5.74, 6) is -1.14. The number of sulfonamides is 1. The van der Waals surface area contributed by atoms with Crippen LogP contribution in [-0.4, -0.2) is 19.5 Å². The maximum absolute atomic E-state index is 12.4. The van der Waals surface area contributed by atoms with Crippen molar-refractivity contribution in [2.24, 2.45) is 0 Å². The van der Waals surface area contributed by atoms with E-state index in [1.807, 2.05) is 0 Å². The van der Waals surface area contributed by atoms with E-state index in [0.717, 1.165) is 6.08 Å². The van der Waals surface area contributed by atoms with Crippen LogP contribution in [0.4, 0.5) is 5.69 Å². The molecule has 108 valence electrons. The van der Waals surface area contributed by atoms with E-state index >= 15 is 0 Å². The van der Waals surface area contributed by atoms with Crippen molar-refractivity contribution >= 4 is 27.8 Å². The first-order chi connectivity index (χ1) is 9.99. The minimum Gasteiger partial charge on any atom is -0.478 e. The van der Waals surface area contributed by atoms with Crippen LogP contribution in [0, 0.1) is 0 Å². The number of aliphatic carboxylic acids is 1. The Morgan fingerprint density at radius 1 is 1.00 bits per heavy atom. The molecule has 0 unspecified atom stereocenters. The zero-order valence-electron chi connectivity index (χ0n) is 10.9. The standard InChI is InChI=1S/C15H13NO4S/c17-15(18)11-10-12-6-4-5-9-14(12)21(19,20)16-13-7-2-1-3-8-13/h1-11,16H,(H,17,18)/b11-10+. The number of para-hydroxylation sites is 1. The van der Waals surface area contributed by atoms with Crippen molar-refractivity contribution < 1.29 is 18.3 Å². The lowest BCUT2D eigenvalue weighted by atomic mass is 10.2. The quantitative estimate of drug-likeness (QED) is 0.832. The number of carbonyl (C=O) groups is 1. The lowest BCUT2D eigenvalue weighted by Crippen LogP contribution is -2.14. The molecule has 0 aromatic heterocycles. The van der Waals surface area contributed by atoms with Crippen LogP contribution >= 0.6 is 0 Å². The van der Waals surface area contributed by atoms with Crippen LogP contribution in [0.1, 0.15) is 5.56 Å². The monoisotopic (exact) mass is 303 g/mol. The number of hydrogen-bond donors (Lipinski definition) is 2. The van der Waals surface area contributed by atoms with Gasteiger partial charge >= 0.3 is 5.97 Å². The van der Waals surface area contributed by atoms with Crippen molar-refractivity contribution in [2.45, 2.75) is 4.90 Å². The number of carboxylic acid groups (broad SMARTS) is 1. The maximum Gasteiger partial charge on any atom is 0.328 e. The van der Waals surface area contributed by atoms with Gasteiger partial charge in [0.15, 0.2) is 0 Å². The minimum absolute atomic E-state index is 0.0198. The van der Waals surface area contributed by atoms with Crippen LogP contribution in [0.3, 0.4) is 0 Å². The Hall–Kier alpha value is -2.60. The number of anilines is 1. The van der Waals surface area contributed by atoms with Gasteiger partial charge in [0.1, 0.15) is 0 Å². The van der Waals surface area contributed by atoms with Crippen molar-refractivity contribution in [2.75, 3.05) is 4.72 Å². The zero-order chi connectivity index (χ0) is 15.3. The first kappa shape index (κ1) is 14.8. The molecular weight excluding hydrogens is 290 g/mol. The van der Waals surface area contributed by atoms with Crippen LogP contribution in [0.5, 0.6) is 0 Å². The number of benzene rings is 2. The fourth-order valence-corrected chi connectivity index (χ4v) is 3.00. The Bertz CT molecular complexity index is 767. The second kappa shape index (κ2) is 6.23. The molecule has 21 heavy (non-hydrogen) atoms. The van der Waals surface area contributed by atoms with Crippen LogP contribution < -0.4 is 4.72 Å². The molecule has 0 radical (unpaired) electrons. The summed E-state index contributed by atoms with van der Waals surface area (Å²) in [6, 6.07) is 14.7. The van der Waals surface area contributed by atoms with Gasteiger partial charge in [-0.2, -0.15) is 0 Å². The Kier molecular flexibility index (Phi) is 4.39. The van der Waals surface area contributed by atoms with Gasteiger partial charge in [-0.05, 0) is 29.8 Å². The molecule has 0 bridgehead atoms. The molecule has 0 amide bonds. The van der Waals surface area contributed by atoms with Crippen LogP contribution in [0.2, 0.25) is 0 Å². The van der Waals surface area contributed by atoms with Gasteiger partial charge in [-0.3, -0.25) is 4.72 Å². The van der Waals surface area contributed by atoms with Gasteiger partial charge in [-0.25, -0.2) is 13.2 Å². The molecule has 6 heteroatoms. The van der Waals surface area contributed by atoms with Gasteiger partial charge in [0, 0.05) is 11.8 Å². The highest BCUT2D eigenvalue weighted by Gasteiger charge is 2.17. The van der Waals surface area contributed by atoms with Crippen molar-refractivity contribution in [1.82, 2.24) is 0 Å². The zero-order valence-corrected chi connectivity index (χ0v) is 11.7. The first-order valence-corrected chi connectivity index (χ1v) is 7.55. The normalized spacial score (nSPS) is 11.4. The molecule has 0 saturated heterocycles. The summed E-state index contributed by atoms with van der Waals surface area (Å²) in [5.41, 5.74) is 0.748. The molecule has 0 aliphatic heterocycles. The van der Waals surface area contributed by atoms with Gasteiger partial charge in [0.05, 0.1) is 4.90 Å². The Morgan fingerprint density at radius 2 is 1.62 bits per heavy atom. The summed E-state index contributed by atoms with van der Waals surface area (Å²) in [7, 11) is -3.79. The van der Waals surface area contributed by atoms with Crippen molar-refractivity contribution in [1.29, 1.82) is 0 Å². The second-order valence-corrected chi connectivity index (χ2v) is 5.83. The molecule has 0 saturated carbocycles. The van der Waals surface area contributed by atoms with E-state index in [1.54, 1.807) is 48.5 Å². The van der Waals surface area contributed by atoms with E-state index in [0.29, 0.717) is 11.3 Å². The summed E-state index contributed by atoms with van der Waals surface area (Å²) >= 11 is 0. The predicted molar refractivity (Wildman–Crippen MR) is 80.4 cm³/mol. The maximum atomic E-state index is 12.4. The van der Waals surface area contributed by atoms with Gasteiger partial charge in [-0.15, -0.1) is 0 Å². The molecule has 2 aromatic carbocycles. The lowest BCUT2D eigenvalue weighted by molar-refractivity contribution is -0.131. The van der Waals surface area contributed by atoms with E-state index in [1.165, 1.54) is 12.1 Å². The summed E-state index contributed by atoms with van der Waals surface area (Å²) in [6.07, 6.45) is 2.15. The summed E-state index contributed by atoms with van der Waals surface area (Å²) < 4.78 is 27.2. The number of nitrogens with one attached hydrogen (secondary N) is 1. The molecule has 2 rings (SSSR count). The average molecular weight is 303 g/mol. The minimum atomic E-state index is -3.79. The third-order valence-electron chi connectivity index (χ3n) is 2.64. The third kappa shape index (κ3) is 3.93. The van der Waals surface area contributed by atoms with Crippen LogP contribution in [-0.2, 0) is 14.8 Å². The van der Waals surface area contributed by atoms with Gasteiger partial charge < -0.3 is 5.11 Å². The average Bonchev–Trinajstić information content (AvgIpc) is 2.46. The van der Waals surface area contributed by atoms with Crippen molar-refractivity contribution in [3.05, 3.63) is 66.2 Å². The second-order valence-electron chi connectivity index (χ2n) is 4.18. The molecule has 0 spiro atoms. The topological polar surface area (TPSA) is 83.5 Å². The molecule has 0 heterocycles. The number of carboxylic acids is 1. The smallest absolute Gasteiger partial charge is 0.328 e. The van der Waals surface area contributed by atoms with Crippen LogP contribution in [0.25, 0.3) is 6.08 Å². The third-order valence-corrected chi connectivity index (χ3v) is 4.10. The largest absolute Gasteiger partial charge is 0.478 e. The van der Waals surface area contributed by atoms with Gasteiger partial charge in [0.25, 0.3) is 10.0 Å². The SMILES string of the molecule is O=C(O)/C=C/c1ccccc1S(=O)(=O)Nc1ccccc1. The van der Waals surface area contributed by atoms with E-state index < -0.39 is 16.0 Å². The Morgan fingerprint density at radius 3 is 2.29 bits per heavy atom. The molecule has 0 aliphatic carbocycles. The molecule has 0 fully saturated rings. The fourth-order valence-electron chi connectivity index (χ4n) is 1.74. The Balaban J connectivity index is 2.39. The molecule has 2 N–H and O–H groups in total. The molecule has 2 aromatic rings. The highest BCUT2D eigenvalue weighted by molar-refractivity contribution is 7.92. The highest BCUT2D eigenvalue weighted by atomic mass is 32.2. The van der Waals surface area contributed by atoms with E-state index in [-0.39, 0.29) is 4.90 Å². The molecule has 0 atom stereocenters. The summed E-state index contributed by atoms with van der Waals surface area (Å²) in [4.78, 5) is 10.6. The highest BCUT2D eigenvalue weighted by Crippen LogP contribution is 2.20. The lowest BCUT2D eigenvalue weighted by Gasteiger charge is -2.10. The summed E-state index contributed by atoms with van der Waals surface area (Å²) in [6.45, 7) is 0. The molecular formula is C15H13NO4S. The van der Waals surface area contributed by atoms with Crippen molar-refractivity contribution in [3.63, 3.8) is 0 Å². The van der Waals surface area contributed by atoms with E-state index in [9.17, 15) is 13.2 Å². The van der Waals surface area contributed by atoms with E-state index in [2.05, 4.69) is 4.72 Å². The van der Waals surface area contributed by atoms with Gasteiger partial charge in [0.2, 0.25) is 0 Å². The number of hydrogen-bond acceptors (Lipinski definition) is 3. The fraction of sp³-hybridized carbons (Fsp3) is 0. The molecule has 0 aliphatic rings. The van der Waals surface area contributed by atoms with Crippen molar-refractivity contribution in [3.8, 4) is 0 Å².